The third-order valence-corrected chi connectivity index (χ3v) is 3.93. The van der Waals surface area contributed by atoms with Crippen molar-refractivity contribution in [3.8, 4) is 0 Å². The van der Waals surface area contributed by atoms with E-state index in [0.717, 1.165) is 24.6 Å². The predicted molar refractivity (Wildman–Crippen MR) is 74.3 cm³/mol. The van der Waals surface area contributed by atoms with E-state index in [1.54, 1.807) is 6.07 Å². The summed E-state index contributed by atoms with van der Waals surface area (Å²) in [5, 5.41) is 14.2. The molecule has 2 aliphatic heterocycles. The first-order valence-corrected chi connectivity index (χ1v) is 6.55. The van der Waals surface area contributed by atoms with Gasteiger partial charge in [0.05, 0.1) is 17.2 Å². The van der Waals surface area contributed by atoms with Crippen LogP contribution in [0.3, 0.4) is 0 Å². The Morgan fingerprint density at radius 3 is 2.80 bits per heavy atom. The molecule has 0 saturated heterocycles. The van der Waals surface area contributed by atoms with Crippen LogP contribution in [0.2, 0.25) is 0 Å². The van der Waals surface area contributed by atoms with Gasteiger partial charge in [0.1, 0.15) is 12.6 Å². The lowest BCUT2D eigenvalue weighted by molar-refractivity contribution is -0.672. The molecule has 0 bridgehead atoms. The van der Waals surface area contributed by atoms with Crippen molar-refractivity contribution in [2.45, 2.75) is 6.04 Å². The number of aromatic nitrogens is 1. The van der Waals surface area contributed by atoms with E-state index < -0.39 is 0 Å². The van der Waals surface area contributed by atoms with Crippen LogP contribution in [0.1, 0.15) is 6.04 Å². The summed E-state index contributed by atoms with van der Waals surface area (Å²) in [6.07, 6.45) is 0. The summed E-state index contributed by atoms with van der Waals surface area (Å²) < 4.78 is 2.05. The van der Waals surface area contributed by atoms with Gasteiger partial charge in [0.25, 0.3) is 0 Å². The Kier molecular flexibility index (Phi) is 2.20. The molecule has 0 fully saturated rings. The fourth-order valence-electron chi connectivity index (χ4n) is 3.07. The van der Waals surface area contributed by atoms with E-state index in [2.05, 4.69) is 22.3 Å². The zero-order valence-electron chi connectivity index (χ0n) is 10.7. The van der Waals surface area contributed by atoms with Crippen molar-refractivity contribution in [2.24, 2.45) is 0 Å². The van der Waals surface area contributed by atoms with Gasteiger partial charge in [-0.3, -0.25) is 20.3 Å². The Bertz CT molecular complexity index is 702. The van der Waals surface area contributed by atoms with Gasteiger partial charge in [-0.2, -0.15) is 0 Å². The highest BCUT2D eigenvalue weighted by Crippen LogP contribution is 2.37. The number of nitrogens with zero attached hydrogens (tertiary/aromatic N) is 3. The quantitative estimate of drug-likeness (QED) is 0.514. The highest BCUT2D eigenvalue weighted by atomic mass is 16.6. The van der Waals surface area contributed by atoms with Crippen LogP contribution < -0.4 is 14.8 Å². The number of hydrogen-bond acceptors (Lipinski definition) is 4. The lowest BCUT2D eigenvalue weighted by atomic mass is 10.2. The Hall–Kier alpha value is -2.63. The summed E-state index contributed by atoms with van der Waals surface area (Å²) in [6, 6.07) is 13.8. The lowest BCUT2D eigenvalue weighted by Gasteiger charge is -2.13. The number of para-hydroxylation sites is 1. The maximum absolute atomic E-state index is 11.1. The fraction of sp³-hybridized carbons (Fsp3) is 0.214. The molecule has 20 heavy (non-hydrogen) atoms. The van der Waals surface area contributed by atoms with Crippen molar-refractivity contribution in [3.63, 3.8) is 0 Å². The fourth-order valence-corrected chi connectivity index (χ4v) is 3.07. The highest BCUT2D eigenvalue weighted by molar-refractivity contribution is 5.64. The molecule has 1 aromatic carbocycles. The van der Waals surface area contributed by atoms with Crippen molar-refractivity contribution in [1.82, 2.24) is 0 Å². The Labute approximate surface area is 115 Å². The molecule has 1 aromatic heterocycles. The molecule has 2 aromatic rings. The second-order valence-electron chi connectivity index (χ2n) is 5.03. The summed E-state index contributed by atoms with van der Waals surface area (Å²) >= 11 is 0. The van der Waals surface area contributed by atoms with Crippen LogP contribution in [0.4, 0.5) is 23.0 Å². The summed E-state index contributed by atoms with van der Waals surface area (Å²) in [4.78, 5) is 13.0. The number of hydrogen-bond donors (Lipinski definition) is 1. The Morgan fingerprint density at radius 2 is 2.05 bits per heavy atom. The Balaban J connectivity index is 1.87. The van der Waals surface area contributed by atoms with Crippen LogP contribution in [0.15, 0.2) is 42.5 Å². The third kappa shape index (κ3) is 1.41. The van der Waals surface area contributed by atoms with Crippen LogP contribution >= 0.6 is 0 Å². The molecule has 0 amide bonds. The zero-order chi connectivity index (χ0) is 13.7. The molecule has 4 rings (SSSR count). The highest BCUT2D eigenvalue weighted by Gasteiger charge is 2.44. The van der Waals surface area contributed by atoms with E-state index in [0.29, 0.717) is 5.82 Å². The van der Waals surface area contributed by atoms with Crippen LogP contribution in [-0.2, 0) is 0 Å². The minimum absolute atomic E-state index is 0.145. The molecular weight excluding hydrogens is 256 g/mol. The minimum atomic E-state index is -0.330. The van der Waals surface area contributed by atoms with E-state index in [4.69, 9.17) is 0 Å². The van der Waals surface area contributed by atoms with Crippen LogP contribution in [0, 0.1) is 10.1 Å². The number of pyridine rings is 1. The van der Waals surface area contributed by atoms with Gasteiger partial charge in [-0.25, -0.2) is 4.57 Å². The topological polar surface area (TPSA) is 62.3 Å². The molecule has 6 heteroatoms. The average Bonchev–Trinajstić information content (AvgIpc) is 3.05. The predicted octanol–water partition coefficient (Wildman–Crippen LogP) is 2.00. The van der Waals surface area contributed by atoms with Crippen molar-refractivity contribution in [1.29, 1.82) is 0 Å². The second kappa shape index (κ2) is 3.93. The van der Waals surface area contributed by atoms with Gasteiger partial charge in [-0.1, -0.05) is 18.2 Å². The van der Waals surface area contributed by atoms with E-state index in [9.17, 15) is 10.1 Å². The molecule has 0 aliphatic carbocycles. The number of anilines is 3. The third-order valence-electron chi connectivity index (χ3n) is 3.93. The maximum Gasteiger partial charge on any atom is 0.341 e. The Morgan fingerprint density at radius 1 is 1.25 bits per heavy atom. The first-order chi connectivity index (χ1) is 9.75. The van der Waals surface area contributed by atoms with Crippen molar-refractivity contribution >= 4 is 23.0 Å². The van der Waals surface area contributed by atoms with Crippen molar-refractivity contribution in [3.05, 3.63) is 52.6 Å². The zero-order valence-corrected chi connectivity index (χ0v) is 10.7. The minimum Gasteiger partial charge on any atom is -0.296 e. The van der Waals surface area contributed by atoms with E-state index in [1.807, 2.05) is 28.8 Å². The molecule has 1 unspecified atom stereocenters. The van der Waals surface area contributed by atoms with Gasteiger partial charge in [0.2, 0.25) is 5.82 Å². The number of nitro groups is 1. The molecule has 0 spiro atoms. The summed E-state index contributed by atoms with van der Waals surface area (Å²) in [5.74, 6) is 1.63. The van der Waals surface area contributed by atoms with E-state index in [1.165, 1.54) is 0 Å². The van der Waals surface area contributed by atoms with Gasteiger partial charge in [0, 0.05) is 12.1 Å². The first kappa shape index (κ1) is 11.2. The molecule has 0 radical (unpaired) electrons. The molecule has 1 N–H and O–H groups in total. The van der Waals surface area contributed by atoms with Crippen molar-refractivity contribution in [2.75, 3.05) is 23.3 Å². The molecular formula is C14H13N4O2+. The smallest absolute Gasteiger partial charge is 0.296 e. The van der Waals surface area contributed by atoms with Gasteiger partial charge in [0.15, 0.2) is 0 Å². The molecule has 6 nitrogen and oxygen atoms in total. The van der Waals surface area contributed by atoms with Gasteiger partial charge in [-0.15, -0.1) is 0 Å². The van der Waals surface area contributed by atoms with Gasteiger partial charge < -0.3 is 0 Å². The molecule has 100 valence electrons. The number of rotatable bonds is 2. The monoisotopic (exact) mass is 269 g/mol. The van der Waals surface area contributed by atoms with Crippen LogP contribution in [0.25, 0.3) is 0 Å². The molecule has 1 atom stereocenters. The number of nitrogens with one attached hydrogen (secondary N) is 1. The molecule has 3 heterocycles. The van der Waals surface area contributed by atoms with Crippen molar-refractivity contribution < 1.29 is 9.49 Å². The van der Waals surface area contributed by atoms with E-state index in [-0.39, 0.29) is 16.7 Å². The lowest BCUT2D eigenvalue weighted by Crippen LogP contribution is -2.33. The summed E-state index contributed by atoms with van der Waals surface area (Å²) in [7, 11) is 0. The van der Waals surface area contributed by atoms with Gasteiger partial charge >= 0.3 is 11.5 Å². The normalized spacial score (nSPS) is 18.8. The molecule has 0 saturated carbocycles. The second-order valence-corrected chi connectivity index (χ2v) is 5.03. The molecule has 2 aliphatic rings. The average molecular weight is 269 g/mol. The largest absolute Gasteiger partial charge is 0.341 e. The van der Waals surface area contributed by atoms with E-state index >= 15 is 0 Å². The van der Waals surface area contributed by atoms with Gasteiger partial charge in [-0.05, 0) is 12.1 Å². The van der Waals surface area contributed by atoms with Crippen LogP contribution in [0.5, 0.6) is 0 Å². The SMILES string of the molecule is O=[N+]([O-])c1ccc2[n+]3c1NCC3CN2c1ccccc1. The maximum atomic E-state index is 11.1. The summed E-state index contributed by atoms with van der Waals surface area (Å²) in [6.45, 7) is 1.58. The standard InChI is InChI=1S/C14H12N4O2/c19-18(20)12-6-7-13-16(10-4-2-1-3-5-10)9-11-8-15-14(12)17(11)13/h1-7,11H,8-9H2/p+1. The van der Waals surface area contributed by atoms with Crippen LogP contribution in [-0.4, -0.2) is 18.0 Å². The first-order valence-electron chi connectivity index (χ1n) is 6.55. The number of benzene rings is 1. The summed E-state index contributed by atoms with van der Waals surface area (Å²) in [5.41, 5.74) is 1.26.